The number of hydrogen-bond acceptors (Lipinski definition) is 8. The van der Waals surface area contributed by atoms with Crippen molar-refractivity contribution in [3.05, 3.63) is 59.6 Å². The molecule has 3 aliphatic rings. The van der Waals surface area contributed by atoms with Gasteiger partial charge in [0.25, 0.3) is 0 Å². The zero-order chi connectivity index (χ0) is 30.8. The molecule has 3 fully saturated rings. The molecule has 0 radical (unpaired) electrons. The van der Waals surface area contributed by atoms with Gasteiger partial charge in [0.15, 0.2) is 0 Å². The van der Waals surface area contributed by atoms with Gasteiger partial charge in [-0.2, -0.15) is 4.31 Å². The largest absolute Gasteiger partial charge is 0.477 e. The minimum absolute atomic E-state index is 0.0604. The molecule has 1 aromatic carbocycles. The Morgan fingerprint density at radius 1 is 1.02 bits per heavy atom. The molecule has 1 atom stereocenters. The molecule has 0 bridgehead atoms. The predicted octanol–water partition coefficient (Wildman–Crippen LogP) is 4.64. The molecule has 1 saturated carbocycles. The van der Waals surface area contributed by atoms with E-state index in [0.29, 0.717) is 5.69 Å². The predicted molar refractivity (Wildman–Crippen MR) is 172 cm³/mol. The summed E-state index contributed by atoms with van der Waals surface area (Å²) < 4.78 is 29.2. The molecular weight excluding hydrogens is 599 g/mol. The van der Waals surface area contributed by atoms with Crippen LogP contribution in [0.4, 0.5) is 11.5 Å². The van der Waals surface area contributed by atoms with Crippen LogP contribution in [0, 0.1) is 5.92 Å². The van der Waals surface area contributed by atoms with Crippen LogP contribution in [0.1, 0.15) is 48.7 Å². The van der Waals surface area contributed by atoms with Gasteiger partial charge in [-0.25, -0.2) is 18.2 Å². The molecule has 44 heavy (non-hydrogen) atoms. The maximum Gasteiger partial charge on any atom is 0.348 e. The number of carboxylic acid groups (broad SMARTS) is 1. The number of likely N-dealkylation sites (N-methyl/N-ethyl adjacent to an activating group) is 1. The highest BCUT2D eigenvalue weighted by molar-refractivity contribution is 7.89. The summed E-state index contributed by atoms with van der Waals surface area (Å²) in [5.41, 5.74) is 1.23. The lowest BCUT2D eigenvalue weighted by atomic mass is 9.82. The number of hydrogen-bond donors (Lipinski definition) is 1. The quantitative estimate of drug-likeness (QED) is 0.380. The third-order valence-electron chi connectivity index (χ3n) is 9.22. The number of benzene rings is 1. The molecule has 6 rings (SSSR count). The Morgan fingerprint density at radius 2 is 1.75 bits per heavy atom. The minimum Gasteiger partial charge on any atom is -0.477 e. The van der Waals surface area contributed by atoms with Gasteiger partial charge in [0.05, 0.1) is 18.3 Å². The zero-order valence-corrected chi connectivity index (χ0v) is 26.6. The molecular formula is C32H39N5O5S2. The molecule has 10 nitrogen and oxygen atoms in total. The van der Waals surface area contributed by atoms with Crippen LogP contribution < -0.4 is 9.80 Å². The van der Waals surface area contributed by atoms with Crippen molar-refractivity contribution < 1.29 is 23.1 Å². The molecule has 4 heterocycles. The van der Waals surface area contributed by atoms with Crippen LogP contribution in [0.2, 0.25) is 0 Å². The van der Waals surface area contributed by atoms with Crippen molar-refractivity contribution in [3.63, 3.8) is 0 Å². The first-order chi connectivity index (χ1) is 21.3. The Morgan fingerprint density at radius 3 is 2.39 bits per heavy atom. The summed E-state index contributed by atoms with van der Waals surface area (Å²) in [6.07, 6.45) is 6.22. The lowest BCUT2D eigenvalue weighted by molar-refractivity contribution is -0.121. The van der Waals surface area contributed by atoms with E-state index in [0.717, 1.165) is 92.4 Å². The number of sulfonamides is 1. The van der Waals surface area contributed by atoms with Crippen molar-refractivity contribution in [2.45, 2.75) is 50.0 Å². The van der Waals surface area contributed by atoms with Gasteiger partial charge in [-0.15, -0.1) is 11.3 Å². The van der Waals surface area contributed by atoms with Crippen molar-refractivity contribution in [2.24, 2.45) is 5.92 Å². The molecule has 2 aromatic heterocycles. The number of carboxylic acids is 1. The number of anilines is 2. The molecule has 1 amide bonds. The smallest absolute Gasteiger partial charge is 0.348 e. The summed E-state index contributed by atoms with van der Waals surface area (Å²) in [4.78, 5) is 38.0. The van der Waals surface area contributed by atoms with E-state index in [9.17, 15) is 23.1 Å². The number of amides is 1. The summed E-state index contributed by atoms with van der Waals surface area (Å²) >= 11 is 1.14. The fraction of sp³-hybridized carbons (Fsp3) is 0.469. The van der Waals surface area contributed by atoms with E-state index in [-0.39, 0.29) is 28.8 Å². The third kappa shape index (κ3) is 6.13. The van der Waals surface area contributed by atoms with Gasteiger partial charge in [-0.1, -0.05) is 56.5 Å². The number of pyridine rings is 1. The third-order valence-corrected chi connectivity index (χ3v) is 12.2. The second kappa shape index (κ2) is 13.0. The number of carbonyl (C=O) groups is 2. The highest BCUT2D eigenvalue weighted by Crippen LogP contribution is 2.42. The molecule has 234 valence electrons. The lowest BCUT2D eigenvalue weighted by Gasteiger charge is -2.44. The van der Waals surface area contributed by atoms with Crippen LogP contribution >= 0.6 is 11.3 Å². The number of nitrogens with zero attached hydrogens (tertiary/aromatic N) is 5. The number of thiophene rings is 1. The fourth-order valence-corrected chi connectivity index (χ4v) is 9.10. The molecule has 12 heteroatoms. The van der Waals surface area contributed by atoms with E-state index < -0.39 is 27.9 Å². The van der Waals surface area contributed by atoms with Gasteiger partial charge in [-0.05, 0) is 49.1 Å². The maximum absolute atomic E-state index is 14.0. The Hall–Kier alpha value is -3.32. The van der Waals surface area contributed by atoms with Crippen LogP contribution in [0.5, 0.6) is 0 Å². The molecule has 3 aromatic rings. The van der Waals surface area contributed by atoms with Crippen molar-refractivity contribution in [1.29, 1.82) is 0 Å². The zero-order valence-electron chi connectivity index (χ0n) is 25.0. The van der Waals surface area contributed by atoms with Gasteiger partial charge in [0.2, 0.25) is 15.9 Å². The average Bonchev–Trinajstić information content (AvgIpc) is 3.51. The first-order valence-electron chi connectivity index (χ1n) is 15.4. The Balaban J connectivity index is 1.29. The monoisotopic (exact) mass is 637 g/mol. The highest BCUT2D eigenvalue weighted by atomic mass is 32.2. The van der Waals surface area contributed by atoms with Gasteiger partial charge in [0, 0.05) is 43.8 Å². The topological polar surface area (TPSA) is 114 Å². The van der Waals surface area contributed by atoms with Crippen molar-refractivity contribution in [3.8, 4) is 10.4 Å². The molecule has 1 N–H and O–H groups in total. The first kappa shape index (κ1) is 30.7. The second-order valence-corrected chi connectivity index (χ2v) is 14.8. The molecule has 1 aliphatic carbocycles. The van der Waals surface area contributed by atoms with Gasteiger partial charge >= 0.3 is 5.97 Å². The van der Waals surface area contributed by atoms with Gasteiger partial charge in [-0.3, -0.25) is 4.79 Å². The number of piperazine rings is 2. The van der Waals surface area contributed by atoms with Crippen molar-refractivity contribution in [2.75, 3.05) is 55.6 Å². The standard InChI is InChI=1S/C32H39N5O5S2/c1-2-34-15-17-35(18-16-34)29-14-13-25(20-33-29)44(41,42)36-21-27(23-9-5-3-6-10-23)37(30(38)22-36)26-19-28(43-31(26)32(39)40)24-11-7-4-8-12-24/h4,7-8,11-14,19-20,23,27H,2-3,5-6,9-10,15-18,21-22H2,1H3,(H,39,40)/t27-/m0/s1. The number of aromatic nitrogens is 1. The Kier molecular flexibility index (Phi) is 9.04. The summed E-state index contributed by atoms with van der Waals surface area (Å²) in [7, 11) is -4.01. The van der Waals surface area contributed by atoms with E-state index in [1.54, 1.807) is 23.1 Å². The van der Waals surface area contributed by atoms with E-state index in [4.69, 9.17) is 0 Å². The van der Waals surface area contributed by atoms with Crippen LogP contribution in [0.25, 0.3) is 10.4 Å². The summed E-state index contributed by atoms with van der Waals surface area (Å²) in [6, 6.07) is 14.2. The van der Waals surface area contributed by atoms with Gasteiger partial charge in [0.1, 0.15) is 15.6 Å². The summed E-state index contributed by atoms with van der Waals surface area (Å²) in [6.45, 7) is 6.44. The SMILES string of the molecule is CCN1CCN(c2ccc(S(=O)(=O)N3CC(=O)N(c4cc(-c5ccccc5)sc4C(=O)O)[C@H](C4CCCCC4)C3)cn2)CC1. The Bertz CT molecular complexity index is 1580. The average molecular weight is 638 g/mol. The number of carbonyl (C=O) groups excluding carboxylic acids is 1. The first-order valence-corrected chi connectivity index (χ1v) is 17.7. The maximum atomic E-state index is 14.0. The van der Waals surface area contributed by atoms with E-state index >= 15 is 0 Å². The van der Waals surface area contributed by atoms with Crippen LogP contribution in [-0.2, 0) is 14.8 Å². The number of aromatic carboxylic acids is 1. The van der Waals surface area contributed by atoms with Crippen LogP contribution in [-0.4, -0.2) is 91.4 Å². The molecule has 2 aliphatic heterocycles. The van der Waals surface area contributed by atoms with Crippen molar-refractivity contribution >= 4 is 44.7 Å². The second-order valence-electron chi connectivity index (χ2n) is 11.8. The van der Waals surface area contributed by atoms with Crippen molar-refractivity contribution in [1.82, 2.24) is 14.2 Å². The highest BCUT2D eigenvalue weighted by Gasteiger charge is 2.44. The Labute approximate surface area is 263 Å². The molecule has 0 unspecified atom stereocenters. The minimum atomic E-state index is -4.01. The summed E-state index contributed by atoms with van der Waals surface area (Å²) in [5, 5.41) is 10.2. The lowest BCUT2D eigenvalue weighted by Crippen LogP contribution is -2.60. The summed E-state index contributed by atoms with van der Waals surface area (Å²) in [5.74, 6) is -0.698. The van der Waals surface area contributed by atoms with E-state index in [1.165, 1.54) is 10.5 Å². The van der Waals surface area contributed by atoms with E-state index in [1.807, 2.05) is 30.3 Å². The van der Waals surface area contributed by atoms with Crippen LogP contribution in [0.15, 0.2) is 59.6 Å². The number of rotatable bonds is 8. The normalized spacial score (nSPS) is 21.1. The van der Waals surface area contributed by atoms with Gasteiger partial charge < -0.3 is 19.8 Å². The molecule has 2 saturated heterocycles. The van der Waals surface area contributed by atoms with Crippen LogP contribution in [0.3, 0.4) is 0 Å². The molecule has 0 spiro atoms. The van der Waals surface area contributed by atoms with E-state index in [2.05, 4.69) is 21.7 Å². The fourth-order valence-electron chi connectivity index (χ4n) is 6.75.